The molecule has 28 heavy (non-hydrogen) atoms. The molecule has 1 amide bonds. The number of carboxylic acid groups (broad SMARTS) is 1. The summed E-state index contributed by atoms with van der Waals surface area (Å²) in [5.74, 6) is -2.08. The lowest BCUT2D eigenvalue weighted by molar-refractivity contribution is -0.872. The summed E-state index contributed by atoms with van der Waals surface area (Å²) in [7, 11) is 5.79. The van der Waals surface area contributed by atoms with Crippen molar-refractivity contribution < 1.29 is 19.2 Å². The second-order valence-corrected chi connectivity index (χ2v) is 9.12. The Morgan fingerprint density at radius 3 is 1.68 bits per heavy atom. The topological polar surface area (TPSA) is 92.4 Å². The fourth-order valence-corrected chi connectivity index (χ4v) is 3.43. The van der Waals surface area contributed by atoms with Gasteiger partial charge >= 0.3 is 5.97 Å². The molecular weight excluding hydrogens is 354 g/mol. The molecule has 2 atom stereocenters. The molecule has 0 fully saturated rings. The van der Waals surface area contributed by atoms with Crippen LogP contribution in [-0.2, 0) is 9.59 Å². The summed E-state index contributed by atoms with van der Waals surface area (Å²) in [5.41, 5.74) is 5.74. The quantitative estimate of drug-likeness (QED) is 0.242. The number of hydrogen-bond acceptors (Lipinski definition) is 3. The fourth-order valence-electron chi connectivity index (χ4n) is 3.43. The first kappa shape index (κ1) is 26.9. The molecule has 0 heterocycles. The molecule has 0 radical (unpaired) electrons. The summed E-state index contributed by atoms with van der Waals surface area (Å²) < 4.78 is 0.498. The van der Waals surface area contributed by atoms with Gasteiger partial charge in [0.05, 0.1) is 27.7 Å². The van der Waals surface area contributed by atoms with Crippen LogP contribution in [0.3, 0.4) is 0 Å². The smallest absolute Gasteiger partial charge is 0.321 e. The van der Waals surface area contributed by atoms with Crippen LogP contribution in [0.5, 0.6) is 0 Å². The molecule has 0 bridgehead atoms. The molecule has 0 aliphatic rings. The Morgan fingerprint density at radius 1 is 0.857 bits per heavy atom. The third kappa shape index (κ3) is 14.9. The zero-order valence-corrected chi connectivity index (χ0v) is 18.8. The Hall–Kier alpha value is -1.14. The highest BCUT2D eigenvalue weighted by atomic mass is 16.4. The molecule has 0 saturated heterocycles. The Bertz CT molecular complexity index is 422. The van der Waals surface area contributed by atoms with Gasteiger partial charge in [0.25, 0.3) is 0 Å². The normalized spacial score (nSPS) is 13.9. The van der Waals surface area contributed by atoms with Crippen molar-refractivity contribution in [1.29, 1.82) is 0 Å². The van der Waals surface area contributed by atoms with Crippen molar-refractivity contribution in [3.05, 3.63) is 0 Å². The zero-order chi connectivity index (χ0) is 21.4. The van der Waals surface area contributed by atoms with Gasteiger partial charge in [0.1, 0.15) is 12.0 Å². The van der Waals surface area contributed by atoms with Crippen molar-refractivity contribution in [1.82, 2.24) is 5.32 Å². The van der Waals surface area contributed by atoms with Crippen LogP contribution in [0.4, 0.5) is 0 Å². The number of hydrogen-bond donors (Lipinski definition) is 3. The molecular formula is C22H46N3O3+. The van der Waals surface area contributed by atoms with E-state index in [-0.39, 0.29) is 5.91 Å². The SMILES string of the molecule is CCCCCCCCCCCCCCNC(=O)C(C[N+](C)(C)C)[C@@H](N)C(=O)O. The van der Waals surface area contributed by atoms with Gasteiger partial charge in [-0.1, -0.05) is 77.6 Å². The third-order valence-electron chi connectivity index (χ3n) is 5.13. The zero-order valence-electron chi connectivity index (χ0n) is 18.8. The molecule has 0 aliphatic carbocycles. The summed E-state index contributed by atoms with van der Waals surface area (Å²) in [4.78, 5) is 23.6. The molecule has 166 valence electrons. The standard InChI is InChI=1S/C22H45N3O3/c1-5-6-7-8-9-10-11-12-13-14-15-16-17-24-21(26)19(18-25(2,3)4)20(23)22(27)28/h19-20H,5-18,23H2,1-4H3,(H-,24,26,27,28)/p+1/t19?,20-/m1/s1. The Balaban J connectivity index is 3.82. The van der Waals surface area contributed by atoms with Gasteiger partial charge in [-0.25, -0.2) is 0 Å². The number of aliphatic carboxylic acids is 1. The summed E-state index contributed by atoms with van der Waals surface area (Å²) >= 11 is 0. The predicted molar refractivity (Wildman–Crippen MR) is 116 cm³/mol. The molecule has 6 heteroatoms. The molecule has 1 unspecified atom stereocenters. The Morgan fingerprint density at radius 2 is 1.29 bits per heavy atom. The van der Waals surface area contributed by atoms with Crippen LogP contribution in [0.15, 0.2) is 0 Å². The van der Waals surface area contributed by atoms with E-state index in [1.807, 2.05) is 21.1 Å². The summed E-state index contributed by atoms with van der Waals surface area (Å²) in [6, 6.07) is -1.17. The summed E-state index contributed by atoms with van der Waals surface area (Å²) in [6.45, 7) is 3.24. The largest absolute Gasteiger partial charge is 0.480 e. The fraction of sp³-hybridized carbons (Fsp3) is 0.909. The van der Waals surface area contributed by atoms with E-state index in [1.165, 1.54) is 64.2 Å². The third-order valence-corrected chi connectivity index (χ3v) is 5.13. The van der Waals surface area contributed by atoms with Gasteiger partial charge < -0.3 is 20.6 Å². The number of nitrogens with one attached hydrogen (secondary N) is 1. The number of carboxylic acids is 1. The van der Waals surface area contributed by atoms with Crippen molar-refractivity contribution in [2.75, 3.05) is 34.2 Å². The van der Waals surface area contributed by atoms with Crippen LogP contribution < -0.4 is 11.1 Å². The number of rotatable bonds is 18. The lowest BCUT2D eigenvalue weighted by Gasteiger charge is -2.30. The van der Waals surface area contributed by atoms with E-state index >= 15 is 0 Å². The maximum absolute atomic E-state index is 12.4. The molecule has 0 saturated carbocycles. The van der Waals surface area contributed by atoms with Gasteiger partial charge in [-0.2, -0.15) is 0 Å². The maximum Gasteiger partial charge on any atom is 0.321 e. The van der Waals surface area contributed by atoms with E-state index in [2.05, 4.69) is 12.2 Å². The number of unbranched alkanes of at least 4 members (excludes halogenated alkanes) is 11. The van der Waals surface area contributed by atoms with Crippen LogP contribution >= 0.6 is 0 Å². The summed E-state index contributed by atoms with van der Waals surface area (Å²) in [5, 5.41) is 12.1. The highest BCUT2D eigenvalue weighted by Gasteiger charge is 2.34. The molecule has 0 aliphatic heterocycles. The van der Waals surface area contributed by atoms with Crippen LogP contribution in [0.25, 0.3) is 0 Å². The maximum atomic E-state index is 12.4. The van der Waals surface area contributed by atoms with Crippen LogP contribution in [-0.4, -0.2) is 61.7 Å². The molecule has 0 aromatic heterocycles. The van der Waals surface area contributed by atoms with E-state index in [1.54, 1.807) is 0 Å². The number of nitrogens with zero attached hydrogens (tertiary/aromatic N) is 1. The lowest BCUT2D eigenvalue weighted by Crippen LogP contribution is -2.54. The number of carbonyl (C=O) groups excluding carboxylic acids is 1. The van der Waals surface area contributed by atoms with Crippen molar-refractivity contribution in [2.45, 2.75) is 90.0 Å². The van der Waals surface area contributed by atoms with Gasteiger partial charge in [-0.3, -0.25) is 9.59 Å². The number of nitrogens with two attached hydrogens (primary N) is 1. The van der Waals surface area contributed by atoms with Crippen molar-refractivity contribution in [3.63, 3.8) is 0 Å². The van der Waals surface area contributed by atoms with Gasteiger partial charge in [0.2, 0.25) is 5.91 Å². The van der Waals surface area contributed by atoms with Crippen LogP contribution in [0.1, 0.15) is 84.0 Å². The van der Waals surface area contributed by atoms with E-state index in [9.17, 15) is 14.7 Å². The molecule has 0 aromatic carbocycles. The van der Waals surface area contributed by atoms with Gasteiger partial charge in [-0.15, -0.1) is 0 Å². The Kier molecular flexibility index (Phi) is 15.1. The monoisotopic (exact) mass is 400 g/mol. The number of quaternary nitrogens is 1. The predicted octanol–water partition coefficient (Wildman–Crippen LogP) is 3.54. The molecule has 0 spiro atoms. The minimum Gasteiger partial charge on any atom is -0.480 e. The van der Waals surface area contributed by atoms with E-state index in [4.69, 9.17) is 5.73 Å². The minimum absolute atomic E-state index is 0.244. The summed E-state index contributed by atoms with van der Waals surface area (Å²) in [6.07, 6.45) is 15.3. The van der Waals surface area contributed by atoms with Crippen LogP contribution in [0.2, 0.25) is 0 Å². The van der Waals surface area contributed by atoms with E-state index in [0.717, 1.165) is 12.8 Å². The molecule has 6 nitrogen and oxygen atoms in total. The van der Waals surface area contributed by atoms with Crippen molar-refractivity contribution in [2.24, 2.45) is 11.7 Å². The highest BCUT2D eigenvalue weighted by molar-refractivity contribution is 5.86. The number of amides is 1. The van der Waals surface area contributed by atoms with E-state index < -0.39 is 17.9 Å². The Labute approximate surface area is 172 Å². The molecule has 4 N–H and O–H groups in total. The van der Waals surface area contributed by atoms with Crippen molar-refractivity contribution >= 4 is 11.9 Å². The van der Waals surface area contributed by atoms with Gasteiger partial charge in [0.15, 0.2) is 0 Å². The first-order valence-electron chi connectivity index (χ1n) is 11.3. The average Bonchev–Trinajstić information content (AvgIpc) is 2.62. The van der Waals surface area contributed by atoms with Crippen LogP contribution in [0, 0.1) is 5.92 Å². The second-order valence-electron chi connectivity index (χ2n) is 9.12. The van der Waals surface area contributed by atoms with Gasteiger partial charge in [-0.05, 0) is 6.42 Å². The average molecular weight is 401 g/mol. The molecule has 0 rings (SSSR count). The van der Waals surface area contributed by atoms with E-state index in [0.29, 0.717) is 17.6 Å². The minimum atomic E-state index is -1.17. The second kappa shape index (κ2) is 15.7. The lowest BCUT2D eigenvalue weighted by atomic mass is 9.98. The van der Waals surface area contributed by atoms with Gasteiger partial charge in [0, 0.05) is 6.54 Å². The number of carbonyl (C=O) groups is 2. The highest BCUT2D eigenvalue weighted by Crippen LogP contribution is 2.12. The first-order chi connectivity index (χ1) is 13.2. The molecule has 0 aromatic rings. The van der Waals surface area contributed by atoms with Crippen molar-refractivity contribution in [3.8, 4) is 0 Å². The first-order valence-corrected chi connectivity index (χ1v) is 11.3.